The van der Waals surface area contributed by atoms with E-state index >= 15 is 0 Å². The van der Waals surface area contributed by atoms with Gasteiger partial charge in [0.15, 0.2) is 0 Å². The maximum absolute atomic E-state index is 11.9. The number of anilines is 2. The second-order valence-electron chi connectivity index (χ2n) is 5.87. The second-order valence-corrected chi connectivity index (χ2v) is 5.87. The van der Waals surface area contributed by atoms with Gasteiger partial charge in [-0.25, -0.2) is 5.43 Å². The van der Waals surface area contributed by atoms with Gasteiger partial charge in [-0.05, 0) is 62.7 Å². The molecule has 2 N–H and O–H groups in total. The lowest BCUT2D eigenvalue weighted by Crippen LogP contribution is -2.32. The average molecular weight is 382 g/mol. The van der Waals surface area contributed by atoms with Crippen LogP contribution in [0, 0.1) is 0 Å². The average Bonchev–Trinajstić information content (AvgIpc) is 2.71. The van der Waals surface area contributed by atoms with Gasteiger partial charge in [0.1, 0.15) is 5.75 Å². The Kier molecular flexibility index (Phi) is 8.02. The molecule has 28 heavy (non-hydrogen) atoms. The van der Waals surface area contributed by atoms with Crippen molar-refractivity contribution < 1.29 is 14.3 Å². The number of benzene rings is 2. The lowest BCUT2D eigenvalue weighted by Gasteiger charge is -2.20. The van der Waals surface area contributed by atoms with E-state index in [0.29, 0.717) is 18.0 Å². The van der Waals surface area contributed by atoms with Crippen LogP contribution in [0.1, 0.15) is 26.3 Å². The molecule has 2 rings (SSSR count). The van der Waals surface area contributed by atoms with Crippen LogP contribution in [0.4, 0.5) is 11.4 Å². The normalized spacial score (nSPS) is 10.5. The van der Waals surface area contributed by atoms with Crippen LogP contribution in [0.25, 0.3) is 0 Å². The van der Waals surface area contributed by atoms with Crippen molar-refractivity contribution in [3.8, 4) is 5.75 Å². The van der Waals surface area contributed by atoms with Crippen LogP contribution < -0.4 is 20.4 Å². The van der Waals surface area contributed by atoms with E-state index < -0.39 is 11.8 Å². The van der Waals surface area contributed by atoms with Crippen LogP contribution in [0.5, 0.6) is 5.75 Å². The summed E-state index contributed by atoms with van der Waals surface area (Å²) in [6, 6.07) is 14.6. The number of hydrazone groups is 1. The van der Waals surface area contributed by atoms with Gasteiger partial charge in [-0.2, -0.15) is 5.10 Å². The highest BCUT2D eigenvalue weighted by atomic mass is 16.5. The predicted molar refractivity (Wildman–Crippen MR) is 112 cm³/mol. The van der Waals surface area contributed by atoms with E-state index in [0.717, 1.165) is 24.3 Å². The van der Waals surface area contributed by atoms with Crippen molar-refractivity contribution in [3.63, 3.8) is 0 Å². The van der Waals surface area contributed by atoms with Crippen LogP contribution >= 0.6 is 0 Å². The molecule has 7 heteroatoms. The number of ether oxygens (including phenoxy) is 1. The monoisotopic (exact) mass is 382 g/mol. The lowest BCUT2D eigenvalue weighted by atomic mass is 10.2. The molecule has 0 saturated carbocycles. The molecule has 0 aromatic heterocycles. The van der Waals surface area contributed by atoms with Gasteiger partial charge >= 0.3 is 11.8 Å². The standard InChI is InChI=1S/C21H26N4O3/c1-4-25(5-2)18-11-7-16(8-12-18)15-22-24-21(27)20(26)23-17-9-13-19(14-10-17)28-6-3/h7-15H,4-6H2,1-3H3,(H,23,26)(H,24,27)/b22-15+. The quantitative estimate of drug-likeness (QED) is 0.418. The SMILES string of the molecule is CCOc1ccc(NC(=O)C(=O)N/N=C/c2ccc(N(CC)CC)cc2)cc1. The predicted octanol–water partition coefficient (Wildman–Crippen LogP) is 3.02. The molecule has 0 unspecified atom stereocenters. The van der Waals surface area contributed by atoms with Crippen LogP contribution in [-0.2, 0) is 9.59 Å². The Bertz CT molecular complexity index is 797. The van der Waals surface area contributed by atoms with E-state index in [2.05, 4.69) is 34.6 Å². The van der Waals surface area contributed by atoms with Crippen molar-refractivity contribution in [2.45, 2.75) is 20.8 Å². The number of amides is 2. The molecule has 0 heterocycles. The Morgan fingerprint density at radius 2 is 1.61 bits per heavy atom. The van der Waals surface area contributed by atoms with E-state index in [1.165, 1.54) is 6.21 Å². The zero-order chi connectivity index (χ0) is 20.4. The number of carbonyl (C=O) groups excluding carboxylic acids is 2. The molecule has 2 aromatic carbocycles. The lowest BCUT2D eigenvalue weighted by molar-refractivity contribution is -0.136. The number of nitrogens with zero attached hydrogens (tertiary/aromatic N) is 2. The summed E-state index contributed by atoms with van der Waals surface area (Å²) in [4.78, 5) is 26.0. The molecule has 0 fully saturated rings. The Morgan fingerprint density at radius 1 is 0.964 bits per heavy atom. The highest BCUT2D eigenvalue weighted by Crippen LogP contribution is 2.15. The number of nitrogens with one attached hydrogen (secondary N) is 2. The summed E-state index contributed by atoms with van der Waals surface area (Å²) >= 11 is 0. The molecule has 0 saturated heterocycles. The molecule has 7 nitrogen and oxygen atoms in total. The fourth-order valence-electron chi connectivity index (χ4n) is 2.57. The molecule has 0 spiro atoms. The highest BCUT2D eigenvalue weighted by molar-refractivity contribution is 6.39. The molecular weight excluding hydrogens is 356 g/mol. The van der Waals surface area contributed by atoms with Gasteiger partial charge in [0.2, 0.25) is 0 Å². The molecule has 148 valence electrons. The van der Waals surface area contributed by atoms with Crippen LogP contribution in [0.3, 0.4) is 0 Å². The summed E-state index contributed by atoms with van der Waals surface area (Å²) in [5, 5.41) is 6.35. The van der Waals surface area contributed by atoms with Gasteiger partial charge in [0.25, 0.3) is 0 Å². The van der Waals surface area contributed by atoms with E-state index in [1.807, 2.05) is 31.2 Å². The topological polar surface area (TPSA) is 83.0 Å². The third-order valence-corrected chi connectivity index (χ3v) is 4.03. The third-order valence-electron chi connectivity index (χ3n) is 4.03. The maximum atomic E-state index is 11.9. The number of carbonyl (C=O) groups is 2. The van der Waals surface area contributed by atoms with Crippen molar-refractivity contribution in [2.24, 2.45) is 5.10 Å². The fraction of sp³-hybridized carbons (Fsp3) is 0.286. The molecule has 2 amide bonds. The number of hydrogen-bond acceptors (Lipinski definition) is 5. The van der Waals surface area contributed by atoms with Crippen molar-refractivity contribution >= 4 is 29.4 Å². The third kappa shape index (κ3) is 6.12. The first-order chi connectivity index (χ1) is 13.6. The minimum atomic E-state index is -0.843. The molecular formula is C21H26N4O3. The zero-order valence-corrected chi connectivity index (χ0v) is 16.4. The van der Waals surface area contributed by atoms with E-state index in [9.17, 15) is 9.59 Å². The number of rotatable bonds is 8. The zero-order valence-electron chi connectivity index (χ0n) is 16.4. The fourth-order valence-corrected chi connectivity index (χ4v) is 2.57. The second kappa shape index (κ2) is 10.7. The van der Waals surface area contributed by atoms with Gasteiger partial charge in [-0.15, -0.1) is 0 Å². The molecule has 2 aromatic rings. The van der Waals surface area contributed by atoms with E-state index in [4.69, 9.17) is 4.74 Å². The first kappa shape index (κ1) is 21.0. The highest BCUT2D eigenvalue weighted by Gasteiger charge is 2.12. The smallest absolute Gasteiger partial charge is 0.329 e. The molecule has 0 aliphatic heterocycles. The summed E-state index contributed by atoms with van der Waals surface area (Å²) in [7, 11) is 0. The van der Waals surface area contributed by atoms with Crippen molar-refractivity contribution in [3.05, 3.63) is 54.1 Å². The molecule has 0 radical (unpaired) electrons. The van der Waals surface area contributed by atoms with Gasteiger partial charge in [-0.3, -0.25) is 9.59 Å². The summed E-state index contributed by atoms with van der Waals surface area (Å²) in [6.45, 7) is 8.52. The Balaban J connectivity index is 1.85. The molecule has 0 aliphatic carbocycles. The number of hydrogen-bond donors (Lipinski definition) is 2. The van der Waals surface area contributed by atoms with Gasteiger partial charge in [-0.1, -0.05) is 12.1 Å². The Labute approximate surface area is 165 Å². The summed E-state index contributed by atoms with van der Waals surface area (Å²) in [5.74, 6) is -0.940. The van der Waals surface area contributed by atoms with Crippen molar-refractivity contribution in [2.75, 3.05) is 29.9 Å². The largest absolute Gasteiger partial charge is 0.494 e. The summed E-state index contributed by atoms with van der Waals surface area (Å²) in [6.07, 6.45) is 1.49. The van der Waals surface area contributed by atoms with Crippen LogP contribution in [-0.4, -0.2) is 37.7 Å². The summed E-state index contributed by atoms with van der Waals surface area (Å²) < 4.78 is 5.33. The first-order valence-electron chi connectivity index (χ1n) is 9.29. The maximum Gasteiger partial charge on any atom is 0.329 e. The van der Waals surface area contributed by atoms with Crippen LogP contribution in [0.2, 0.25) is 0 Å². The summed E-state index contributed by atoms with van der Waals surface area (Å²) in [5.41, 5.74) is 4.67. The minimum Gasteiger partial charge on any atom is -0.494 e. The molecule has 0 aliphatic rings. The van der Waals surface area contributed by atoms with Crippen molar-refractivity contribution in [1.82, 2.24) is 5.43 Å². The first-order valence-corrected chi connectivity index (χ1v) is 9.29. The van der Waals surface area contributed by atoms with E-state index in [1.54, 1.807) is 24.3 Å². The Morgan fingerprint density at radius 3 is 2.18 bits per heavy atom. The molecule has 0 bridgehead atoms. The van der Waals surface area contributed by atoms with E-state index in [-0.39, 0.29) is 0 Å². The van der Waals surface area contributed by atoms with Gasteiger partial charge in [0.05, 0.1) is 12.8 Å². The molecule has 0 atom stereocenters. The minimum absolute atomic E-state index is 0.500. The van der Waals surface area contributed by atoms with Gasteiger partial charge in [0, 0.05) is 24.5 Å². The van der Waals surface area contributed by atoms with Crippen molar-refractivity contribution in [1.29, 1.82) is 0 Å². The van der Waals surface area contributed by atoms with Crippen LogP contribution in [0.15, 0.2) is 53.6 Å². The Hall–Kier alpha value is -3.35. The van der Waals surface area contributed by atoms with Gasteiger partial charge < -0.3 is 15.0 Å².